The Hall–Kier alpha value is -1.01. The van der Waals surface area contributed by atoms with E-state index in [9.17, 15) is 4.79 Å². The molecule has 100 valence electrons. The van der Waals surface area contributed by atoms with E-state index >= 15 is 0 Å². The Morgan fingerprint density at radius 1 is 1.50 bits per heavy atom. The number of aromatic nitrogens is 2. The first kappa shape index (κ1) is 13.4. The molecule has 0 aromatic carbocycles. The van der Waals surface area contributed by atoms with Crippen LogP contribution in [-0.2, 0) is 4.79 Å². The SMILES string of the molecule is CC(C)c1nnc(NC(=O)[C@H]2CCN[C@@H](C)C2)s1. The fraction of sp³-hybridized carbons (Fsp3) is 0.750. The van der Waals surface area contributed by atoms with Gasteiger partial charge in [-0.2, -0.15) is 0 Å². The highest BCUT2D eigenvalue weighted by molar-refractivity contribution is 7.15. The number of carbonyl (C=O) groups excluding carboxylic acids is 1. The molecule has 2 rings (SSSR count). The summed E-state index contributed by atoms with van der Waals surface area (Å²) in [4.78, 5) is 12.1. The molecule has 1 aliphatic heterocycles. The van der Waals surface area contributed by atoms with E-state index in [1.54, 1.807) is 0 Å². The Labute approximate surface area is 111 Å². The summed E-state index contributed by atoms with van der Waals surface area (Å²) in [6.07, 6.45) is 1.79. The van der Waals surface area contributed by atoms with Crippen LogP contribution in [0.1, 0.15) is 44.5 Å². The molecule has 0 spiro atoms. The fourth-order valence-electron chi connectivity index (χ4n) is 2.10. The molecule has 1 saturated heterocycles. The zero-order chi connectivity index (χ0) is 13.1. The van der Waals surface area contributed by atoms with E-state index in [1.165, 1.54) is 11.3 Å². The first-order valence-corrected chi connectivity index (χ1v) is 7.25. The van der Waals surface area contributed by atoms with E-state index in [-0.39, 0.29) is 11.8 Å². The van der Waals surface area contributed by atoms with Crippen LogP contribution in [0.25, 0.3) is 0 Å². The average molecular weight is 268 g/mol. The first-order chi connectivity index (χ1) is 8.56. The summed E-state index contributed by atoms with van der Waals surface area (Å²) in [6, 6.07) is 0.412. The summed E-state index contributed by atoms with van der Waals surface area (Å²) in [5.74, 6) is 0.523. The first-order valence-electron chi connectivity index (χ1n) is 6.44. The summed E-state index contributed by atoms with van der Waals surface area (Å²) >= 11 is 1.46. The van der Waals surface area contributed by atoms with Crippen molar-refractivity contribution in [3.63, 3.8) is 0 Å². The minimum atomic E-state index is 0.0785. The molecule has 0 aliphatic carbocycles. The highest BCUT2D eigenvalue weighted by atomic mass is 32.1. The van der Waals surface area contributed by atoms with Crippen LogP contribution in [-0.4, -0.2) is 28.7 Å². The second-order valence-electron chi connectivity index (χ2n) is 5.17. The number of nitrogens with zero attached hydrogens (tertiary/aromatic N) is 2. The van der Waals surface area contributed by atoms with E-state index in [0.717, 1.165) is 24.4 Å². The number of carbonyl (C=O) groups is 1. The van der Waals surface area contributed by atoms with Crippen LogP contribution in [0, 0.1) is 5.92 Å². The lowest BCUT2D eigenvalue weighted by Gasteiger charge is -2.26. The molecule has 2 atom stereocenters. The Bertz CT molecular complexity index is 418. The third-order valence-electron chi connectivity index (χ3n) is 3.16. The van der Waals surface area contributed by atoms with E-state index < -0.39 is 0 Å². The van der Waals surface area contributed by atoms with Crippen LogP contribution in [0.4, 0.5) is 5.13 Å². The molecule has 1 aromatic heterocycles. The van der Waals surface area contributed by atoms with Crippen molar-refractivity contribution in [2.75, 3.05) is 11.9 Å². The van der Waals surface area contributed by atoms with Crippen molar-refractivity contribution in [3.8, 4) is 0 Å². The zero-order valence-electron chi connectivity index (χ0n) is 11.1. The van der Waals surface area contributed by atoms with Crippen molar-refractivity contribution in [2.45, 2.75) is 45.6 Å². The number of hydrogen-bond acceptors (Lipinski definition) is 5. The van der Waals surface area contributed by atoms with Gasteiger partial charge in [0, 0.05) is 17.9 Å². The van der Waals surface area contributed by atoms with E-state index in [1.807, 2.05) is 0 Å². The molecule has 5 nitrogen and oxygen atoms in total. The number of rotatable bonds is 3. The monoisotopic (exact) mass is 268 g/mol. The molecule has 6 heteroatoms. The van der Waals surface area contributed by atoms with Gasteiger partial charge >= 0.3 is 0 Å². The summed E-state index contributed by atoms with van der Waals surface area (Å²) in [5.41, 5.74) is 0. The fourth-order valence-corrected chi connectivity index (χ4v) is 2.84. The second-order valence-corrected chi connectivity index (χ2v) is 6.17. The predicted octanol–water partition coefficient (Wildman–Crippen LogP) is 1.99. The predicted molar refractivity (Wildman–Crippen MR) is 72.8 cm³/mol. The highest BCUT2D eigenvalue weighted by Crippen LogP contribution is 2.24. The lowest BCUT2D eigenvalue weighted by Crippen LogP contribution is -2.40. The average Bonchev–Trinajstić information content (AvgIpc) is 2.77. The summed E-state index contributed by atoms with van der Waals surface area (Å²) in [5, 5.41) is 15.9. The quantitative estimate of drug-likeness (QED) is 0.879. The van der Waals surface area contributed by atoms with Crippen molar-refractivity contribution in [2.24, 2.45) is 5.92 Å². The van der Waals surface area contributed by atoms with Crippen LogP contribution >= 0.6 is 11.3 Å². The molecule has 1 fully saturated rings. The van der Waals surface area contributed by atoms with Gasteiger partial charge in [0.05, 0.1) is 0 Å². The van der Waals surface area contributed by atoms with Gasteiger partial charge in [0.2, 0.25) is 11.0 Å². The van der Waals surface area contributed by atoms with Gasteiger partial charge in [0.25, 0.3) is 0 Å². The van der Waals surface area contributed by atoms with Crippen molar-refractivity contribution >= 4 is 22.4 Å². The minimum absolute atomic E-state index is 0.0785. The number of amides is 1. The lowest BCUT2D eigenvalue weighted by atomic mass is 9.93. The molecular formula is C12H20N4OS. The van der Waals surface area contributed by atoms with Gasteiger partial charge in [-0.1, -0.05) is 25.2 Å². The third kappa shape index (κ3) is 3.26. The molecule has 1 amide bonds. The van der Waals surface area contributed by atoms with Crippen LogP contribution in [0.5, 0.6) is 0 Å². The Morgan fingerprint density at radius 3 is 2.89 bits per heavy atom. The molecule has 1 aromatic rings. The van der Waals surface area contributed by atoms with Crippen LogP contribution in [0.3, 0.4) is 0 Å². The van der Waals surface area contributed by atoms with Gasteiger partial charge < -0.3 is 10.6 Å². The number of piperidine rings is 1. The normalized spacial score (nSPS) is 24.2. The maximum absolute atomic E-state index is 12.1. The number of nitrogens with one attached hydrogen (secondary N) is 2. The molecular weight excluding hydrogens is 248 g/mol. The van der Waals surface area contributed by atoms with Gasteiger partial charge in [-0.3, -0.25) is 4.79 Å². The second kappa shape index (κ2) is 5.75. The Balaban J connectivity index is 1.93. The molecule has 0 radical (unpaired) electrons. The maximum atomic E-state index is 12.1. The van der Waals surface area contributed by atoms with Crippen molar-refractivity contribution < 1.29 is 4.79 Å². The molecule has 2 heterocycles. The van der Waals surface area contributed by atoms with Gasteiger partial charge in [0.1, 0.15) is 5.01 Å². The van der Waals surface area contributed by atoms with Crippen molar-refractivity contribution in [3.05, 3.63) is 5.01 Å². The summed E-state index contributed by atoms with van der Waals surface area (Å²) in [6.45, 7) is 7.16. The van der Waals surface area contributed by atoms with E-state index in [0.29, 0.717) is 17.1 Å². The van der Waals surface area contributed by atoms with Gasteiger partial charge in [-0.05, 0) is 26.3 Å². The highest BCUT2D eigenvalue weighted by Gasteiger charge is 2.25. The van der Waals surface area contributed by atoms with Crippen LogP contribution in [0.2, 0.25) is 0 Å². The van der Waals surface area contributed by atoms with Crippen LogP contribution < -0.4 is 10.6 Å². The smallest absolute Gasteiger partial charge is 0.229 e. The van der Waals surface area contributed by atoms with Gasteiger partial charge in [0.15, 0.2) is 0 Å². The molecule has 0 unspecified atom stereocenters. The number of anilines is 1. The van der Waals surface area contributed by atoms with Crippen LogP contribution in [0.15, 0.2) is 0 Å². The largest absolute Gasteiger partial charge is 0.314 e. The minimum Gasteiger partial charge on any atom is -0.314 e. The van der Waals surface area contributed by atoms with E-state index in [4.69, 9.17) is 0 Å². The Kier molecular flexibility index (Phi) is 4.29. The third-order valence-corrected chi connectivity index (χ3v) is 4.30. The molecule has 18 heavy (non-hydrogen) atoms. The molecule has 2 N–H and O–H groups in total. The maximum Gasteiger partial charge on any atom is 0.229 e. The standard InChI is InChI=1S/C12H20N4OS/c1-7(2)11-15-16-12(18-11)14-10(17)9-4-5-13-8(3)6-9/h7-9,13H,4-6H2,1-3H3,(H,14,16,17)/t8-,9-/m0/s1. The topological polar surface area (TPSA) is 66.9 Å². The molecule has 1 aliphatic rings. The van der Waals surface area contributed by atoms with Gasteiger partial charge in [-0.25, -0.2) is 0 Å². The van der Waals surface area contributed by atoms with E-state index in [2.05, 4.69) is 41.6 Å². The summed E-state index contributed by atoms with van der Waals surface area (Å²) in [7, 11) is 0. The number of hydrogen-bond donors (Lipinski definition) is 2. The lowest BCUT2D eigenvalue weighted by molar-refractivity contribution is -0.120. The molecule has 0 saturated carbocycles. The summed E-state index contributed by atoms with van der Waals surface area (Å²) < 4.78 is 0. The zero-order valence-corrected chi connectivity index (χ0v) is 11.9. The van der Waals surface area contributed by atoms with Gasteiger partial charge in [-0.15, -0.1) is 10.2 Å². The Morgan fingerprint density at radius 2 is 2.28 bits per heavy atom. The molecule has 0 bridgehead atoms. The van der Waals surface area contributed by atoms with Crippen molar-refractivity contribution in [1.82, 2.24) is 15.5 Å². The van der Waals surface area contributed by atoms with Crippen molar-refractivity contribution in [1.29, 1.82) is 0 Å².